The van der Waals surface area contributed by atoms with Gasteiger partial charge in [-0.3, -0.25) is 9.59 Å². The van der Waals surface area contributed by atoms with E-state index in [4.69, 9.17) is 0 Å². The lowest BCUT2D eigenvalue weighted by molar-refractivity contribution is -0.185. The molecule has 0 aliphatic rings. The second-order valence-corrected chi connectivity index (χ2v) is 6.74. The van der Waals surface area contributed by atoms with Gasteiger partial charge in [-0.1, -0.05) is 25.7 Å². The first kappa shape index (κ1) is 26.4. The van der Waals surface area contributed by atoms with Gasteiger partial charge in [-0.25, -0.2) is 0 Å². The van der Waals surface area contributed by atoms with Crippen molar-refractivity contribution in [2.75, 3.05) is 13.1 Å². The summed E-state index contributed by atoms with van der Waals surface area (Å²) >= 11 is 0. The molecule has 0 aromatic rings. The molecule has 10 heteroatoms. The number of ketones is 2. The third-order valence-electron chi connectivity index (χ3n) is 4.13. The molecule has 0 aliphatic carbocycles. The first-order chi connectivity index (χ1) is 12.9. The van der Waals surface area contributed by atoms with Gasteiger partial charge in [-0.15, -0.1) is 0 Å². The minimum Gasteiger partial charge on any atom is -0.335 e. The Bertz CT molecular complexity index is 503. The van der Waals surface area contributed by atoms with Gasteiger partial charge < -0.3 is 9.69 Å². The lowest BCUT2D eigenvalue weighted by atomic mass is 10.1. The maximum Gasteiger partial charge on any atom is 0.471 e. The Morgan fingerprint density at radius 3 is 1.54 bits per heavy atom. The molecular formula is C18H27F6NO3. The molecule has 0 saturated carbocycles. The lowest BCUT2D eigenvalue weighted by Gasteiger charge is -2.23. The number of nitrogens with zero attached hydrogens (tertiary/aromatic N) is 1. The van der Waals surface area contributed by atoms with E-state index >= 15 is 0 Å². The Morgan fingerprint density at radius 2 is 1.07 bits per heavy atom. The van der Waals surface area contributed by atoms with E-state index in [1.54, 1.807) is 0 Å². The van der Waals surface area contributed by atoms with E-state index in [0.717, 1.165) is 4.90 Å². The summed E-state index contributed by atoms with van der Waals surface area (Å²) in [6.45, 7) is 1.24. The molecule has 0 heterocycles. The molecule has 0 rings (SSSR count). The first-order valence-electron chi connectivity index (χ1n) is 9.31. The van der Waals surface area contributed by atoms with Crippen molar-refractivity contribution >= 4 is 17.5 Å². The molecule has 0 atom stereocenters. The predicted molar refractivity (Wildman–Crippen MR) is 90.5 cm³/mol. The molecular weight excluding hydrogens is 392 g/mol. The van der Waals surface area contributed by atoms with Crippen LogP contribution in [0.1, 0.15) is 71.1 Å². The van der Waals surface area contributed by atoms with Crippen LogP contribution >= 0.6 is 0 Å². The summed E-state index contributed by atoms with van der Waals surface area (Å²) in [5.41, 5.74) is 0. The third kappa shape index (κ3) is 12.7. The van der Waals surface area contributed by atoms with Gasteiger partial charge in [0.1, 0.15) is 5.78 Å². The van der Waals surface area contributed by atoms with Gasteiger partial charge in [0, 0.05) is 25.9 Å². The van der Waals surface area contributed by atoms with Crippen LogP contribution in [0, 0.1) is 0 Å². The molecule has 0 fully saturated rings. The predicted octanol–water partition coefficient (Wildman–Crippen LogP) is 5.00. The fraction of sp³-hybridized carbons (Fsp3) is 0.833. The van der Waals surface area contributed by atoms with Gasteiger partial charge in [0.15, 0.2) is 0 Å². The topological polar surface area (TPSA) is 54.5 Å². The van der Waals surface area contributed by atoms with Crippen molar-refractivity contribution in [3.8, 4) is 0 Å². The fourth-order valence-corrected chi connectivity index (χ4v) is 2.61. The largest absolute Gasteiger partial charge is 0.471 e. The average Bonchev–Trinajstić information content (AvgIpc) is 2.56. The number of hydrogen-bond acceptors (Lipinski definition) is 3. The zero-order chi connectivity index (χ0) is 21.8. The highest BCUT2D eigenvalue weighted by Gasteiger charge is 2.42. The van der Waals surface area contributed by atoms with Crippen molar-refractivity contribution in [1.29, 1.82) is 0 Å². The number of rotatable bonds is 14. The van der Waals surface area contributed by atoms with Gasteiger partial charge >= 0.3 is 18.3 Å². The Balaban J connectivity index is 4.08. The van der Waals surface area contributed by atoms with Crippen LogP contribution in [0.2, 0.25) is 0 Å². The van der Waals surface area contributed by atoms with Crippen molar-refractivity contribution in [2.45, 2.75) is 83.5 Å². The zero-order valence-corrected chi connectivity index (χ0v) is 15.9. The number of alkyl halides is 6. The second kappa shape index (κ2) is 12.8. The number of halogens is 6. The Morgan fingerprint density at radius 1 is 0.643 bits per heavy atom. The van der Waals surface area contributed by atoms with Crippen LogP contribution in [0.25, 0.3) is 0 Å². The van der Waals surface area contributed by atoms with E-state index < -0.39 is 30.5 Å². The molecule has 0 aromatic carbocycles. The Labute approximate surface area is 160 Å². The van der Waals surface area contributed by atoms with Crippen molar-refractivity contribution in [1.82, 2.24) is 4.90 Å². The van der Waals surface area contributed by atoms with E-state index in [-0.39, 0.29) is 31.7 Å². The molecule has 0 aromatic heterocycles. The zero-order valence-electron chi connectivity index (χ0n) is 15.9. The number of amides is 1. The monoisotopic (exact) mass is 419 g/mol. The highest BCUT2D eigenvalue weighted by atomic mass is 19.4. The van der Waals surface area contributed by atoms with Crippen molar-refractivity contribution in [3.63, 3.8) is 0 Å². The van der Waals surface area contributed by atoms with Crippen molar-refractivity contribution in [3.05, 3.63) is 0 Å². The summed E-state index contributed by atoms with van der Waals surface area (Å²) in [6, 6.07) is 0. The van der Waals surface area contributed by atoms with Crippen LogP contribution in [0.15, 0.2) is 0 Å². The summed E-state index contributed by atoms with van der Waals surface area (Å²) in [4.78, 5) is 33.7. The van der Waals surface area contributed by atoms with Crippen molar-refractivity contribution < 1.29 is 40.7 Å². The van der Waals surface area contributed by atoms with Crippen molar-refractivity contribution in [2.24, 2.45) is 0 Å². The molecule has 164 valence electrons. The summed E-state index contributed by atoms with van der Waals surface area (Å²) in [5.74, 6) is -3.72. The number of carbonyl (C=O) groups is 3. The van der Waals surface area contributed by atoms with Gasteiger partial charge in [0.05, 0.1) is 0 Å². The van der Waals surface area contributed by atoms with Gasteiger partial charge in [0.2, 0.25) is 5.78 Å². The molecule has 4 nitrogen and oxygen atoms in total. The smallest absolute Gasteiger partial charge is 0.335 e. The summed E-state index contributed by atoms with van der Waals surface area (Å²) in [5, 5.41) is 0. The lowest BCUT2D eigenvalue weighted by Crippen LogP contribution is -2.42. The highest BCUT2D eigenvalue weighted by molar-refractivity contribution is 5.83. The van der Waals surface area contributed by atoms with E-state index in [0.29, 0.717) is 44.9 Å². The highest BCUT2D eigenvalue weighted by Crippen LogP contribution is 2.21. The van der Waals surface area contributed by atoms with Crippen LogP contribution in [0.4, 0.5) is 26.3 Å². The molecule has 28 heavy (non-hydrogen) atoms. The summed E-state index contributed by atoms with van der Waals surface area (Å²) in [6.07, 6.45) is -6.77. The minimum atomic E-state index is -4.95. The molecule has 0 saturated heterocycles. The van der Waals surface area contributed by atoms with Crippen LogP contribution in [-0.2, 0) is 14.4 Å². The van der Waals surface area contributed by atoms with Crippen LogP contribution in [-0.4, -0.2) is 47.8 Å². The van der Waals surface area contributed by atoms with E-state index in [9.17, 15) is 40.7 Å². The maximum absolute atomic E-state index is 12.6. The van der Waals surface area contributed by atoms with E-state index in [1.165, 1.54) is 6.92 Å². The number of Topliss-reactive ketones (excluding diaryl/α,β-unsaturated/α-hetero) is 2. The molecule has 0 bridgehead atoms. The van der Waals surface area contributed by atoms with E-state index in [2.05, 4.69) is 0 Å². The standard InChI is InChI=1S/C18H27F6NO3/c1-14(26)10-7-9-13-25(16(28)18(22,23)24)12-8-5-3-2-4-6-11-15(27)17(19,20)21/h2-13H2,1H3. The molecule has 0 spiro atoms. The maximum atomic E-state index is 12.6. The van der Waals surface area contributed by atoms with E-state index in [1.807, 2.05) is 0 Å². The average molecular weight is 419 g/mol. The summed E-state index contributed by atoms with van der Waals surface area (Å²) in [7, 11) is 0. The van der Waals surface area contributed by atoms with Crippen LogP contribution in [0.5, 0.6) is 0 Å². The van der Waals surface area contributed by atoms with Gasteiger partial charge in [-0.05, 0) is 32.6 Å². The molecule has 1 amide bonds. The van der Waals surface area contributed by atoms with Gasteiger partial charge in [0.25, 0.3) is 0 Å². The quantitative estimate of drug-likeness (QED) is 0.294. The normalized spacial score (nSPS) is 12.1. The summed E-state index contributed by atoms with van der Waals surface area (Å²) < 4.78 is 74.0. The number of unbranched alkanes of at least 4 members (excludes halogenated alkanes) is 6. The fourth-order valence-electron chi connectivity index (χ4n) is 2.61. The Kier molecular flexibility index (Phi) is 12.0. The Hall–Kier alpha value is -1.61. The number of hydrogen-bond donors (Lipinski definition) is 0. The molecule has 0 radical (unpaired) electrons. The SMILES string of the molecule is CC(=O)CCCCN(CCCCCCCCC(=O)C(F)(F)F)C(=O)C(F)(F)F. The van der Waals surface area contributed by atoms with Gasteiger partial charge in [-0.2, -0.15) is 26.3 Å². The number of carbonyl (C=O) groups excluding carboxylic acids is 3. The minimum absolute atomic E-state index is 0.0642. The third-order valence-corrected chi connectivity index (χ3v) is 4.13. The second-order valence-electron chi connectivity index (χ2n) is 6.74. The molecule has 0 aliphatic heterocycles. The molecule has 0 N–H and O–H groups in total. The molecule has 0 unspecified atom stereocenters. The van der Waals surface area contributed by atoms with Crippen LogP contribution < -0.4 is 0 Å². The van der Waals surface area contributed by atoms with Crippen LogP contribution in [0.3, 0.4) is 0 Å². The first-order valence-corrected chi connectivity index (χ1v) is 9.31.